The highest BCUT2D eigenvalue weighted by molar-refractivity contribution is 5.95. The lowest BCUT2D eigenvalue weighted by atomic mass is 10.0. The van der Waals surface area contributed by atoms with Crippen LogP contribution in [0.2, 0.25) is 0 Å². The Labute approximate surface area is 160 Å². The fraction of sp³-hybridized carbons (Fsp3) is 0.435. The maximum Gasteiger partial charge on any atom is 0.162 e. The van der Waals surface area contributed by atoms with Crippen molar-refractivity contribution in [2.24, 2.45) is 0 Å². The van der Waals surface area contributed by atoms with E-state index in [0.29, 0.717) is 18.0 Å². The van der Waals surface area contributed by atoms with Crippen molar-refractivity contribution in [3.05, 3.63) is 71.0 Å². The number of hydrogen-bond donors (Lipinski definition) is 0. The van der Waals surface area contributed by atoms with Crippen molar-refractivity contribution in [3.63, 3.8) is 0 Å². The minimum absolute atomic E-state index is 0.110. The third kappa shape index (κ3) is 4.45. The SMILES string of the molecule is O=C(CCCN1CCN2Cc3ccccc3CCC2C1)c1ccc(F)cc1. The number of rotatable bonds is 5. The monoisotopic (exact) mass is 366 g/mol. The highest BCUT2D eigenvalue weighted by atomic mass is 19.1. The highest BCUT2D eigenvalue weighted by Crippen LogP contribution is 2.25. The van der Waals surface area contributed by atoms with Crippen LogP contribution in [-0.2, 0) is 13.0 Å². The van der Waals surface area contributed by atoms with Crippen LogP contribution in [0.15, 0.2) is 48.5 Å². The molecule has 27 heavy (non-hydrogen) atoms. The number of ketones is 1. The Balaban J connectivity index is 1.26. The Morgan fingerprint density at radius 1 is 1.04 bits per heavy atom. The van der Waals surface area contributed by atoms with Crippen LogP contribution in [0, 0.1) is 5.82 Å². The molecular weight excluding hydrogens is 339 g/mol. The van der Waals surface area contributed by atoms with Crippen LogP contribution in [0.1, 0.15) is 40.7 Å². The number of aryl methyl sites for hydroxylation is 1. The number of carbonyl (C=O) groups is 1. The summed E-state index contributed by atoms with van der Waals surface area (Å²) in [5.41, 5.74) is 3.60. The third-order valence-electron chi connectivity index (χ3n) is 5.97. The van der Waals surface area contributed by atoms with Gasteiger partial charge in [0.1, 0.15) is 5.82 Å². The van der Waals surface area contributed by atoms with Crippen LogP contribution >= 0.6 is 0 Å². The zero-order valence-corrected chi connectivity index (χ0v) is 15.7. The molecule has 0 bridgehead atoms. The molecule has 0 N–H and O–H groups in total. The van der Waals surface area contributed by atoms with E-state index in [9.17, 15) is 9.18 Å². The van der Waals surface area contributed by atoms with E-state index in [1.165, 1.54) is 29.7 Å². The van der Waals surface area contributed by atoms with Crippen LogP contribution in [-0.4, -0.2) is 47.8 Å². The van der Waals surface area contributed by atoms with Crippen molar-refractivity contribution >= 4 is 5.78 Å². The Morgan fingerprint density at radius 3 is 2.63 bits per heavy atom. The number of piperazine rings is 1. The molecule has 0 saturated carbocycles. The van der Waals surface area contributed by atoms with Gasteiger partial charge in [0.2, 0.25) is 0 Å². The van der Waals surface area contributed by atoms with Gasteiger partial charge in [0.05, 0.1) is 0 Å². The highest BCUT2D eigenvalue weighted by Gasteiger charge is 2.29. The summed E-state index contributed by atoms with van der Waals surface area (Å²) >= 11 is 0. The first-order chi connectivity index (χ1) is 13.2. The maximum atomic E-state index is 13.0. The van der Waals surface area contributed by atoms with Gasteiger partial charge < -0.3 is 4.90 Å². The van der Waals surface area contributed by atoms with Crippen molar-refractivity contribution < 1.29 is 9.18 Å². The van der Waals surface area contributed by atoms with E-state index in [2.05, 4.69) is 34.1 Å². The fourth-order valence-electron chi connectivity index (χ4n) is 4.38. The summed E-state index contributed by atoms with van der Waals surface area (Å²) in [4.78, 5) is 17.4. The van der Waals surface area contributed by atoms with Crippen LogP contribution in [0.4, 0.5) is 4.39 Å². The molecule has 1 fully saturated rings. The van der Waals surface area contributed by atoms with Gasteiger partial charge in [-0.1, -0.05) is 24.3 Å². The summed E-state index contributed by atoms with van der Waals surface area (Å²) < 4.78 is 13.0. The molecular formula is C23H27FN2O. The molecule has 4 rings (SSSR count). The molecule has 1 atom stereocenters. The number of hydrogen-bond acceptors (Lipinski definition) is 3. The van der Waals surface area contributed by atoms with Crippen molar-refractivity contribution in [2.75, 3.05) is 26.2 Å². The normalized spacial score (nSPS) is 20.6. The topological polar surface area (TPSA) is 23.6 Å². The van der Waals surface area contributed by atoms with Crippen molar-refractivity contribution in [1.82, 2.24) is 9.80 Å². The van der Waals surface area contributed by atoms with E-state index in [0.717, 1.165) is 45.6 Å². The molecule has 0 amide bonds. The Hall–Kier alpha value is -2.04. The maximum absolute atomic E-state index is 13.0. The van der Waals surface area contributed by atoms with Gasteiger partial charge in [-0.15, -0.1) is 0 Å². The molecule has 0 radical (unpaired) electrons. The molecule has 2 aliphatic rings. The van der Waals surface area contributed by atoms with E-state index < -0.39 is 0 Å². The standard InChI is InChI=1S/C23H27FN2O/c24-21-10-7-19(8-11-21)23(27)6-3-13-25-14-15-26-16-20-5-2-1-4-18(20)9-12-22(26)17-25/h1-2,4-5,7-8,10-11,22H,3,6,9,12-17H2. The van der Waals surface area contributed by atoms with Gasteiger partial charge in [0.15, 0.2) is 5.78 Å². The Morgan fingerprint density at radius 2 is 1.81 bits per heavy atom. The molecule has 4 heteroatoms. The number of nitrogens with zero attached hydrogens (tertiary/aromatic N) is 2. The summed E-state index contributed by atoms with van der Waals surface area (Å²) in [6, 6.07) is 15.3. The number of halogens is 1. The first-order valence-electron chi connectivity index (χ1n) is 10.0. The number of Topliss-reactive ketones (excluding diaryl/α,β-unsaturated/α-hetero) is 1. The summed E-state index contributed by atoms with van der Waals surface area (Å²) in [6.07, 6.45) is 3.77. The predicted octanol–water partition coefficient (Wildman–Crippen LogP) is 3.92. The van der Waals surface area contributed by atoms with Crippen molar-refractivity contribution in [2.45, 2.75) is 38.3 Å². The minimum atomic E-state index is -0.296. The third-order valence-corrected chi connectivity index (χ3v) is 5.97. The number of benzene rings is 2. The number of carbonyl (C=O) groups excluding carboxylic acids is 1. The number of fused-ring (bicyclic) bond motifs is 2. The second kappa shape index (κ2) is 8.32. The smallest absolute Gasteiger partial charge is 0.162 e. The molecule has 1 unspecified atom stereocenters. The second-order valence-electron chi connectivity index (χ2n) is 7.77. The largest absolute Gasteiger partial charge is 0.300 e. The van der Waals surface area contributed by atoms with Gasteiger partial charge in [-0.3, -0.25) is 9.69 Å². The lowest BCUT2D eigenvalue weighted by molar-refractivity contribution is 0.0658. The first-order valence-corrected chi connectivity index (χ1v) is 10.0. The van der Waals surface area contributed by atoms with Crippen molar-refractivity contribution in [1.29, 1.82) is 0 Å². The van der Waals surface area contributed by atoms with Crippen LogP contribution in [0.5, 0.6) is 0 Å². The first kappa shape index (κ1) is 18.3. The summed E-state index contributed by atoms with van der Waals surface area (Å²) in [6.45, 7) is 5.30. The summed E-state index contributed by atoms with van der Waals surface area (Å²) in [7, 11) is 0. The molecule has 0 spiro atoms. The minimum Gasteiger partial charge on any atom is -0.300 e. The summed E-state index contributed by atoms with van der Waals surface area (Å²) in [5, 5.41) is 0. The van der Waals surface area contributed by atoms with Gasteiger partial charge in [-0.05, 0) is 61.2 Å². The zero-order valence-electron chi connectivity index (χ0n) is 15.7. The van der Waals surface area contributed by atoms with Gasteiger partial charge in [0.25, 0.3) is 0 Å². The van der Waals surface area contributed by atoms with E-state index in [4.69, 9.17) is 0 Å². The quantitative estimate of drug-likeness (QED) is 0.750. The van der Waals surface area contributed by atoms with Gasteiger partial charge in [-0.25, -0.2) is 4.39 Å². The molecule has 142 valence electrons. The molecule has 2 aromatic carbocycles. The lowest BCUT2D eigenvalue weighted by Crippen LogP contribution is -2.52. The van der Waals surface area contributed by atoms with Gasteiger partial charge in [0, 0.05) is 44.2 Å². The van der Waals surface area contributed by atoms with E-state index in [1.54, 1.807) is 12.1 Å². The molecule has 2 aliphatic heterocycles. The molecule has 2 heterocycles. The Bertz CT molecular complexity index is 789. The molecule has 0 aromatic heterocycles. The molecule has 1 saturated heterocycles. The average molecular weight is 366 g/mol. The van der Waals surface area contributed by atoms with Crippen LogP contribution in [0.25, 0.3) is 0 Å². The van der Waals surface area contributed by atoms with Crippen LogP contribution < -0.4 is 0 Å². The van der Waals surface area contributed by atoms with Gasteiger partial charge in [-0.2, -0.15) is 0 Å². The molecule has 3 nitrogen and oxygen atoms in total. The van der Waals surface area contributed by atoms with Crippen LogP contribution in [0.3, 0.4) is 0 Å². The molecule has 2 aromatic rings. The van der Waals surface area contributed by atoms with E-state index in [-0.39, 0.29) is 11.6 Å². The van der Waals surface area contributed by atoms with E-state index in [1.807, 2.05) is 0 Å². The Kier molecular flexibility index (Phi) is 5.65. The average Bonchev–Trinajstić information content (AvgIpc) is 2.87. The van der Waals surface area contributed by atoms with E-state index >= 15 is 0 Å². The predicted molar refractivity (Wildman–Crippen MR) is 105 cm³/mol. The van der Waals surface area contributed by atoms with Crippen molar-refractivity contribution in [3.8, 4) is 0 Å². The second-order valence-corrected chi connectivity index (χ2v) is 7.77. The zero-order chi connectivity index (χ0) is 18.6. The summed E-state index contributed by atoms with van der Waals surface area (Å²) in [5.74, 6) is -0.187. The lowest BCUT2D eigenvalue weighted by Gasteiger charge is -2.40. The fourth-order valence-corrected chi connectivity index (χ4v) is 4.38. The molecule has 0 aliphatic carbocycles. The van der Waals surface area contributed by atoms with Gasteiger partial charge >= 0.3 is 0 Å².